The highest BCUT2D eigenvalue weighted by molar-refractivity contribution is 7.88. The molecule has 8 nitrogen and oxygen atoms in total. The summed E-state index contributed by atoms with van der Waals surface area (Å²) >= 11 is 0. The lowest BCUT2D eigenvalue weighted by Gasteiger charge is -2.33. The first kappa shape index (κ1) is 19.5. The van der Waals surface area contributed by atoms with Crippen LogP contribution >= 0.6 is 0 Å². The third-order valence-electron chi connectivity index (χ3n) is 5.12. The van der Waals surface area contributed by atoms with Crippen LogP contribution in [-0.4, -0.2) is 64.3 Å². The highest BCUT2D eigenvalue weighted by atomic mass is 32.2. The minimum Gasteiger partial charge on any atom is -0.336 e. The minimum absolute atomic E-state index is 0.0295. The van der Waals surface area contributed by atoms with E-state index in [9.17, 15) is 13.2 Å². The number of carbonyl (C=O) groups excluding carboxylic acids is 1. The number of fused-ring (bicyclic) bond motifs is 1. The van der Waals surface area contributed by atoms with Crippen LogP contribution in [-0.2, 0) is 15.8 Å². The smallest absolute Gasteiger partial charge is 0.259 e. The topological polar surface area (TPSA) is 87.9 Å². The molecule has 1 fully saturated rings. The van der Waals surface area contributed by atoms with Crippen molar-refractivity contribution in [3.8, 4) is 0 Å². The number of piperazine rings is 1. The zero-order chi connectivity index (χ0) is 20.6. The molecule has 1 amide bonds. The molecule has 2 aromatic heterocycles. The van der Waals surface area contributed by atoms with Crippen molar-refractivity contribution in [1.82, 2.24) is 23.8 Å². The maximum absolute atomic E-state index is 13.0. The van der Waals surface area contributed by atoms with Gasteiger partial charge in [0.2, 0.25) is 10.0 Å². The maximum Gasteiger partial charge on any atom is 0.259 e. The van der Waals surface area contributed by atoms with E-state index in [1.165, 1.54) is 10.5 Å². The third-order valence-corrected chi connectivity index (χ3v) is 6.97. The second kappa shape index (κ2) is 7.57. The normalized spacial score (nSPS) is 15.7. The number of carbonyl (C=O) groups is 1. The fourth-order valence-electron chi connectivity index (χ4n) is 3.64. The van der Waals surface area contributed by atoms with Gasteiger partial charge in [-0.25, -0.2) is 17.9 Å². The second-order valence-corrected chi connectivity index (χ2v) is 9.23. The molecule has 0 aliphatic carbocycles. The fourth-order valence-corrected chi connectivity index (χ4v) is 5.15. The average molecular weight is 414 g/mol. The lowest BCUT2D eigenvalue weighted by Crippen LogP contribution is -2.50. The molecule has 0 atom stereocenters. The maximum atomic E-state index is 13.0. The van der Waals surface area contributed by atoms with Crippen LogP contribution in [0.3, 0.4) is 0 Å². The Morgan fingerprint density at radius 2 is 1.76 bits per heavy atom. The van der Waals surface area contributed by atoms with Gasteiger partial charge in [0.1, 0.15) is 5.56 Å². The second-order valence-electron chi connectivity index (χ2n) is 7.27. The van der Waals surface area contributed by atoms with Crippen LogP contribution in [0.2, 0.25) is 0 Å². The molecule has 9 heteroatoms. The van der Waals surface area contributed by atoms with Crippen molar-refractivity contribution in [3.63, 3.8) is 0 Å². The number of rotatable bonds is 4. The molecule has 1 aliphatic rings. The van der Waals surface area contributed by atoms with Crippen molar-refractivity contribution in [1.29, 1.82) is 0 Å². The van der Waals surface area contributed by atoms with Crippen molar-refractivity contribution >= 4 is 21.6 Å². The Kier molecular flexibility index (Phi) is 5.10. The molecule has 152 valence electrons. The average Bonchev–Trinajstić information content (AvgIpc) is 3.12. The molecule has 4 rings (SSSR count). The number of benzene rings is 1. The van der Waals surface area contributed by atoms with Gasteiger partial charge in [-0.1, -0.05) is 30.3 Å². The van der Waals surface area contributed by atoms with Crippen LogP contribution in [0.5, 0.6) is 0 Å². The van der Waals surface area contributed by atoms with Crippen molar-refractivity contribution in [3.05, 3.63) is 65.1 Å². The van der Waals surface area contributed by atoms with Crippen molar-refractivity contribution in [2.45, 2.75) is 19.6 Å². The first-order chi connectivity index (χ1) is 13.8. The Labute approximate surface area is 169 Å². The summed E-state index contributed by atoms with van der Waals surface area (Å²) in [6.45, 7) is 5.05. The molecule has 1 aliphatic heterocycles. The van der Waals surface area contributed by atoms with Crippen LogP contribution in [0.1, 0.15) is 27.3 Å². The lowest BCUT2D eigenvalue weighted by atomic mass is 10.2. The number of amides is 1. The summed E-state index contributed by atoms with van der Waals surface area (Å²) in [5.74, 6) is -0.198. The van der Waals surface area contributed by atoms with Crippen LogP contribution in [0.15, 0.2) is 42.6 Å². The Morgan fingerprint density at radius 1 is 1.07 bits per heavy atom. The van der Waals surface area contributed by atoms with Gasteiger partial charge in [0, 0.05) is 37.6 Å². The first-order valence-corrected chi connectivity index (χ1v) is 11.1. The van der Waals surface area contributed by atoms with E-state index in [1.54, 1.807) is 21.5 Å². The Bertz CT molecular complexity index is 1150. The van der Waals surface area contributed by atoms with Gasteiger partial charge in [0.05, 0.1) is 11.9 Å². The molecule has 0 unspecified atom stereocenters. The van der Waals surface area contributed by atoms with Crippen molar-refractivity contribution < 1.29 is 13.2 Å². The third kappa shape index (κ3) is 3.88. The molecular weight excluding hydrogens is 390 g/mol. The minimum atomic E-state index is -3.42. The van der Waals surface area contributed by atoms with Crippen LogP contribution in [0, 0.1) is 13.8 Å². The van der Waals surface area contributed by atoms with E-state index in [4.69, 9.17) is 0 Å². The van der Waals surface area contributed by atoms with E-state index in [0.29, 0.717) is 24.3 Å². The largest absolute Gasteiger partial charge is 0.336 e. The van der Waals surface area contributed by atoms with Gasteiger partial charge in [-0.3, -0.25) is 4.79 Å². The predicted molar refractivity (Wildman–Crippen MR) is 109 cm³/mol. The molecule has 29 heavy (non-hydrogen) atoms. The molecule has 3 aromatic rings. The number of sulfonamides is 1. The highest BCUT2D eigenvalue weighted by Gasteiger charge is 2.30. The number of aromatic nitrogens is 3. The fraction of sp³-hybridized carbons (Fsp3) is 0.350. The molecule has 0 spiro atoms. The standard InChI is InChI=1S/C20H23N5O3S/c1-15-12-16(2)25-19(22-15)18(13-21-25)20(26)23-8-10-24(11-9-23)29(27,28)14-17-6-4-3-5-7-17/h3-7,12-13H,8-11,14H2,1-2H3. The Hall–Kier alpha value is -2.78. The van der Waals surface area contributed by atoms with E-state index >= 15 is 0 Å². The number of hydrogen-bond donors (Lipinski definition) is 0. The van der Waals surface area contributed by atoms with Gasteiger partial charge in [0.15, 0.2) is 5.65 Å². The SMILES string of the molecule is Cc1cc(C)n2ncc(C(=O)N3CCN(S(=O)(=O)Cc4ccccc4)CC3)c2n1. The Morgan fingerprint density at radius 3 is 2.45 bits per heavy atom. The Balaban J connectivity index is 1.47. The van der Waals surface area contributed by atoms with E-state index in [-0.39, 0.29) is 24.7 Å². The first-order valence-electron chi connectivity index (χ1n) is 9.48. The summed E-state index contributed by atoms with van der Waals surface area (Å²) in [5, 5.41) is 4.28. The van der Waals surface area contributed by atoms with Crippen LogP contribution in [0.25, 0.3) is 5.65 Å². The summed E-state index contributed by atoms with van der Waals surface area (Å²) in [4.78, 5) is 19.1. The number of aryl methyl sites for hydroxylation is 2. The molecule has 3 heterocycles. The van der Waals surface area contributed by atoms with E-state index in [2.05, 4.69) is 10.1 Å². The van der Waals surface area contributed by atoms with E-state index in [1.807, 2.05) is 38.1 Å². The molecule has 0 radical (unpaired) electrons. The van der Waals surface area contributed by atoms with Crippen molar-refractivity contribution in [2.75, 3.05) is 26.2 Å². The molecule has 1 aromatic carbocycles. The highest BCUT2D eigenvalue weighted by Crippen LogP contribution is 2.18. The molecule has 0 bridgehead atoms. The summed E-state index contributed by atoms with van der Waals surface area (Å²) in [5.41, 5.74) is 3.46. The zero-order valence-corrected chi connectivity index (χ0v) is 17.3. The molecule has 0 N–H and O–H groups in total. The van der Waals surface area contributed by atoms with Gasteiger partial charge in [0.25, 0.3) is 5.91 Å². The van der Waals surface area contributed by atoms with E-state index < -0.39 is 10.0 Å². The van der Waals surface area contributed by atoms with Gasteiger partial charge in [-0.15, -0.1) is 0 Å². The summed E-state index contributed by atoms with van der Waals surface area (Å²) in [6.07, 6.45) is 1.54. The molecular formula is C20H23N5O3S. The van der Waals surface area contributed by atoms with Crippen LogP contribution < -0.4 is 0 Å². The van der Waals surface area contributed by atoms with E-state index in [0.717, 1.165) is 17.0 Å². The van der Waals surface area contributed by atoms with Gasteiger partial charge < -0.3 is 4.90 Å². The van der Waals surface area contributed by atoms with Crippen LogP contribution in [0.4, 0.5) is 0 Å². The summed E-state index contributed by atoms with van der Waals surface area (Å²) in [6, 6.07) is 11.0. The molecule has 1 saturated heterocycles. The predicted octanol–water partition coefficient (Wildman–Crippen LogP) is 1.63. The number of nitrogens with zero attached hydrogens (tertiary/aromatic N) is 5. The molecule has 0 saturated carbocycles. The monoisotopic (exact) mass is 413 g/mol. The van der Waals surface area contributed by atoms with Gasteiger partial charge in [-0.05, 0) is 25.5 Å². The lowest BCUT2D eigenvalue weighted by molar-refractivity contribution is 0.0699. The zero-order valence-electron chi connectivity index (χ0n) is 16.4. The van der Waals surface area contributed by atoms with Crippen molar-refractivity contribution in [2.24, 2.45) is 0 Å². The summed E-state index contributed by atoms with van der Waals surface area (Å²) < 4.78 is 28.5. The number of hydrogen-bond acceptors (Lipinski definition) is 5. The van der Waals surface area contributed by atoms with Gasteiger partial charge >= 0.3 is 0 Å². The van der Waals surface area contributed by atoms with Gasteiger partial charge in [-0.2, -0.15) is 9.40 Å². The quantitative estimate of drug-likeness (QED) is 0.649. The summed E-state index contributed by atoms with van der Waals surface area (Å²) in [7, 11) is -3.42.